The standard InChI is InChI=1S/C15H30N4O3S2/c1-2-16-15(18-13-3-5-14(20)6-4-13)17-7-12-24(21,22)19-8-10-23-11-9-19/h13-14,20H,2-12H2,1H3,(H2,16,17,18). The molecule has 1 saturated heterocycles. The van der Waals surface area contributed by atoms with Crippen LogP contribution in [0.4, 0.5) is 0 Å². The molecule has 0 radical (unpaired) electrons. The number of hydrogen-bond acceptors (Lipinski definition) is 5. The maximum atomic E-state index is 12.3. The highest BCUT2D eigenvalue weighted by atomic mass is 32.2. The Kier molecular flexibility index (Phi) is 8.12. The minimum atomic E-state index is -3.21. The second-order valence-electron chi connectivity index (χ2n) is 6.24. The molecule has 0 aromatic carbocycles. The fourth-order valence-corrected chi connectivity index (χ4v) is 5.41. The number of guanidine groups is 1. The van der Waals surface area contributed by atoms with Crippen LogP contribution in [-0.2, 0) is 10.0 Å². The first-order chi connectivity index (χ1) is 11.5. The first kappa shape index (κ1) is 19.8. The Hall–Kier alpha value is -0.510. The summed E-state index contributed by atoms with van der Waals surface area (Å²) in [5.41, 5.74) is 0. The lowest BCUT2D eigenvalue weighted by Crippen LogP contribution is -2.45. The van der Waals surface area contributed by atoms with Gasteiger partial charge in [-0.15, -0.1) is 0 Å². The van der Waals surface area contributed by atoms with Crippen LogP contribution in [0.3, 0.4) is 0 Å². The van der Waals surface area contributed by atoms with E-state index < -0.39 is 10.0 Å². The van der Waals surface area contributed by atoms with Crippen LogP contribution >= 0.6 is 11.8 Å². The number of hydrogen-bond donors (Lipinski definition) is 3. The number of nitrogens with one attached hydrogen (secondary N) is 2. The van der Waals surface area contributed by atoms with E-state index in [1.54, 1.807) is 16.1 Å². The van der Waals surface area contributed by atoms with Crippen LogP contribution in [0.15, 0.2) is 4.99 Å². The van der Waals surface area contributed by atoms with Crippen LogP contribution in [-0.4, -0.2) is 79.4 Å². The van der Waals surface area contributed by atoms with Gasteiger partial charge in [0.05, 0.1) is 18.4 Å². The van der Waals surface area contributed by atoms with Crippen molar-refractivity contribution in [3.63, 3.8) is 0 Å². The number of nitrogens with zero attached hydrogens (tertiary/aromatic N) is 2. The first-order valence-corrected chi connectivity index (χ1v) is 11.6. The molecule has 1 heterocycles. The molecule has 140 valence electrons. The molecule has 24 heavy (non-hydrogen) atoms. The van der Waals surface area contributed by atoms with E-state index in [1.165, 1.54) is 0 Å². The second-order valence-corrected chi connectivity index (χ2v) is 9.55. The smallest absolute Gasteiger partial charge is 0.215 e. The molecule has 2 aliphatic rings. The zero-order valence-electron chi connectivity index (χ0n) is 14.4. The molecule has 3 N–H and O–H groups in total. The van der Waals surface area contributed by atoms with Crippen LogP contribution in [0.5, 0.6) is 0 Å². The fourth-order valence-electron chi connectivity index (χ4n) is 2.96. The Balaban J connectivity index is 1.83. The molecule has 0 unspecified atom stereocenters. The Morgan fingerprint density at radius 1 is 1.25 bits per heavy atom. The second kappa shape index (κ2) is 9.84. The molecule has 1 aliphatic heterocycles. The quantitative estimate of drug-likeness (QED) is 0.452. The lowest BCUT2D eigenvalue weighted by molar-refractivity contribution is 0.120. The zero-order valence-corrected chi connectivity index (χ0v) is 16.0. The van der Waals surface area contributed by atoms with Crippen molar-refractivity contribution in [2.24, 2.45) is 4.99 Å². The number of aliphatic imine (C=N–C) groups is 1. The highest BCUT2D eigenvalue weighted by Crippen LogP contribution is 2.18. The summed E-state index contributed by atoms with van der Waals surface area (Å²) >= 11 is 1.80. The van der Waals surface area contributed by atoms with Crippen molar-refractivity contribution in [3.05, 3.63) is 0 Å². The van der Waals surface area contributed by atoms with E-state index in [0.717, 1.165) is 43.7 Å². The molecule has 0 atom stereocenters. The summed E-state index contributed by atoms with van der Waals surface area (Å²) < 4.78 is 26.2. The minimum Gasteiger partial charge on any atom is -0.393 e. The molecule has 0 spiro atoms. The summed E-state index contributed by atoms with van der Waals surface area (Å²) in [6.07, 6.45) is 3.25. The van der Waals surface area contributed by atoms with Crippen LogP contribution in [0.25, 0.3) is 0 Å². The molecule has 1 saturated carbocycles. The molecule has 2 fully saturated rings. The molecular formula is C15H30N4O3S2. The van der Waals surface area contributed by atoms with Gasteiger partial charge in [0.1, 0.15) is 0 Å². The van der Waals surface area contributed by atoms with Crippen LogP contribution in [0.1, 0.15) is 32.6 Å². The maximum absolute atomic E-state index is 12.3. The number of aliphatic hydroxyl groups is 1. The van der Waals surface area contributed by atoms with Crippen molar-refractivity contribution >= 4 is 27.7 Å². The molecule has 0 aromatic heterocycles. The highest BCUT2D eigenvalue weighted by molar-refractivity contribution is 7.99. The van der Waals surface area contributed by atoms with E-state index in [9.17, 15) is 13.5 Å². The van der Waals surface area contributed by atoms with Gasteiger partial charge in [0.2, 0.25) is 10.0 Å². The van der Waals surface area contributed by atoms with Gasteiger partial charge in [-0.05, 0) is 32.6 Å². The summed E-state index contributed by atoms with van der Waals surface area (Å²) in [6, 6.07) is 0.293. The van der Waals surface area contributed by atoms with Gasteiger partial charge < -0.3 is 15.7 Å². The number of sulfonamides is 1. The third kappa shape index (κ3) is 6.42. The third-order valence-corrected chi connectivity index (χ3v) is 7.16. The maximum Gasteiger partial charge on any atom is 0.215 e. The van der Waals surface area contributed by atoms with E-state index in [4.69, 9.17) is 0 Å². The summed E-state index contributed by atoms with van der Waals surface area (Å²) in [5.74, 6) is 2.47. The Morgan fingerprint density at radius 3 is 2.54 bits per heavy atom. The van der Waals surface area contributed by atoms with Gasteiger partial charge in [-0.2, -0.15) is 11.8 Å². The van der Waals surface area contributed by atoms with Crippen molar-refractivity contribution in [2.75, 3.05) is 43.4 Å². The zero-order chi connectivity index (χ0) is 17.4. The van der Waals surface area contributed by atoms with Gasteiger partial charge in [-0.25, -0.2) is 12.7 Å². The van der Waals surface area contributed by atoms with Crippen molar-refractivity contribution in [1.82, 2.24) is 14.9 Å². The van der Waals surface area contributed by atoms with Crippen molar-refractivity contribution in [2.45, 2.75) is 44.8 Å². The van der Waals surface area contributed by atoms with E-state index in [2.05, 4.69) is 15.6 Å². The molecule has 2 rings (SSSR count). The Morgan fingerprint density at radius 2 is 1.92 bits per heavy atom. The van der Waals surface area contributed by atoms with Crippen LogP contribution in [0.2, 0.25) is 0 Å². The Bertz CT molecular complexity index is 499. The van der Waals surface area contributed by atoms with E-state index in [1.807, 2.05) is 6.92 Å². The molecule has 0 aromatic rings. The van der Waals surface area contributed by atoms with Gasteiger partial charge >= 0.3 is 0 Å². The lowest BCUT2D eigenvalue weighted by Gasteiger charge is -2.28. The van der Waals surface area contributed by atoms with E-state index in [0.29, 0.717) is 25.1 Å². The Labute approximate surface area is 149 Å². The SMILES string of the molecule is CCNC(=NCCS(=O)(=O)N1CCSCC1)NC1CCC(O)CC1. The van der Waals surface area contributed by atoms with Gasteiger partial charge in [0.25, 0.3) is 0 Å². The fraction of sp³-hybridized carbons (Fsp3) is 0.933. The first-order valence-electron chi connectivity index (χ1n) is 8.79. The van der Waals surface area contributed by atoms with Crippen LogP contribution in [0, 0.1) is 0 Å². The van der Waals surface area contributed by atoms with Crippen molar-refractivity contribution in [3.8, 4) is 0 Å². The monoisotopic (exact) mass is 378 g/mol. The summed E-state index contributed by atoms with van der Waals surface area (Å²) in [7, 11) is -3.21. The van der Waals surface area contributed by atoms with Crippen molar-refractivity contribution in [1.29, 1.82) is 0 Å². The topological polar surface area (TPSA) is 94.0 Å². The predicted octanol–water partition coefficient (Wildman–Crippen LogP) is 0.224. The van der Waals surface area contributed by atoms with Gasteiger partial charge in [0, 0.05) is 37.2 Å². The van der Waals surface area contributed by atoms with Crippen molar-refractivity contribution < 1.29 is 13.5 Å². The predicted molar refractivity (Wildman–Crippen MR) is 100 cm³/mol. The number of aliphatic hydroxyl groups excluding tert-OH is 1. The van der Waals surface area contributed by atoms with E-state index in [-0.39, 0.29) is 18.4 Å². The van der Waals surface area contributed by atoms with Gasteiger partial charge in [0.15, 0.2) is 5.96 Å². The van der Waals surface area contributed by atoms with Crippen LogP contribution < -0.4 is 10.6 Å². The number of thioether (sulfide) groups is 1. The molecular weight excluding hydrogens is 348 g/mol. The highest BCUT2D eigenvalue weighted by Gasteiger charge is 2.24. The average Bonchev–Trinajstić information content (AvgIpc) is 2.58. The molecule has 7 nitrogen and oxygen atoms in total. The normalized spacial score (nSPS) is 27.0. The molecule has 9 heteroatoms. The summed E-state index contributed by atoms with van der Waals surface area (Å²) in [6.45, 7) is 4.21. The summed E-state index contributed by atoms with van der Waals surface area (Å²) in [5, 5.41) is 16.1. The molecule has 1 aliphatic carbocycles. The van der Waals surface area contributed by atoms with Gasteiger partial charge in [-0.3, -0.25) is 4.99 Å². The average molecular weight is 379 g/mol. The summed E-state index contributed by atoms with van der Waals surface area (Å²) in [4.78, 5) is 4.43. The number of rotatable bonds is 6. The minimum absolute atomic E-state index is 0.0532. The molecule has 0 bridgehead atoms. The third-order valence-electron chi connectivity index (χ3n) is 4.36. The largest absolute Gasteiger partial charge is 0.393 e. The van der Waals surface area contributed by atoms with E-state index >= 15 is 0 Å². The molecule has 0 amide bonds. The van der Waals surface area contributed by atoms with Gasteiger partial charge in [-0.1, -0.05) is 0 Å². The lowest BCUT2D eigenvalue weighted by atomic mass is 9.93.